The number of likely N-dealkylation sites (tertiary alicyclic amines) is 1. The Morgan fingerprint density at radius 3 is 2.74 bits per heavy atom. The summed E-state index contributed by atoms with van der Waals surface area (Å²) in [7, 11) is 0. The number of nitrogens with one attached hydrogen (secondary N) is 1. The number of ether oxygens (including phenoxy) is 1. The molecular formula is C19H30N2O2. The minimum absolute atomic E-state index is 0.311. The maximum Gasteiger partial charge on any atom is 0.407 e. The number of hydrogen-bond acceptors (Lipinski definition) is 3. The van der Waals surface area contributed by atoms with E-state index in [9.17, 15) is 4.79 Å². The van der Waals surface area contributed by atoms with Crippen molar-refractivity contribution in [3.8, 4) is 0 Å². The van der Waals surface area contributed by atoms with Crippen molar-refractivity contribution in [2.24, 2.45) is 5.92 Å². The first-order valence-corrected chi connectivity index (χ1v) is 8.65. The third kappa shape index (κ3) is 7.04. The van der Waals surface area contributed by atoms with E-state index in [2.05, 4.69) is 40.5 Å². The summed E-state index contributed by atoms with van der Waals surface area (Å²) in [6.07, 6.45) is 3.14. The molecule has 0 saturated carbocycles. The van der Waals surface area contributed by atoms with Crippen LogP contribution < -0.4 is 5.32 Å². The van der Waals surface area contributed by atoms with Crippen LogP contribution in [0, 0.1) is 5.92 Å². The zero-order chi connectivity index (χ0) is 16.7. The lowest BCUT2D eigenvalue weighted by Gasteiger charge is -2.20. The third-order valence-electron chi connectivity index (χ3n) is 4.08. The van der Waals surface area contributed by atoms with E-state index in [1.54, 1.807) is 0 Å². The summed E-state index contributed by atoms with van der Waals surface area (Å²) in [5.74, 6) is 0.749. The number of carbonyl (C=O) groups excluding carboxylic acids is 1. The topological polar surface area (TPSA) is 41.6 Å². The molecule has 2 rings (SSSR count). The number of alkyl carbamates (subject to hydrolysis) is 1. The zero-order valence-corrected chi connectivity index (χ0v) is 14.7. The van der Waals surface area contributed by atoms with Gasteiger partial charge in [0.1, 0.15) is 5.60 Å². The molecule has 1 atom stereocenters. The van der Waals surface area contributed by atoms with Gasteiger partial charge in [-0.2, -0.15) is 0 Å². The molecule has 1 N–H and O–H groups in total. The summed E-state index contributed by atoms with van der Waals surface area (Å²) in [5.41, 5.74) is 0.966. The van der Waals surface area contributed by atoms with Gasteiger partial charge in [-0.15, -0.1) is 0 Å². The van der Waals surface area contributed by atoms with Gasteiger partial charge in [-0.05, 0) is 58.1 Å². The van der Waals surface area contributed by atoms with Crippen molar-refractivity contribution in [1.82, 2.24) is 10.2 Å². The number of hydrogen-bond donors (Lipinski definition) is 1. The fourth-order valence-corrected chi connectivity index (χ4v) is 3.03. The normalized spacial score (nSPS) is 18.8. The van der Waals surface area contributed by atoms with Crippen LogP contribution in [0.4, 0.5) is 4.79 Å². The number of rotatable bonds is 6. The molecule has 1 aliphatic heterocycles. The van der Waals surface area contributed by atoms with Gasteiger partial charge in [0.25, 0.3) is 0 Å². The van der Waals surface area contributed by atoms with Crippen molar-refractivity contribution in [3.05, 3.63) is 35.9 Å². The maximum atomic E-state index is 11.6. The Morgan fingerprint density at radius 2 is 2.04 bits per heavy atom. The van der Waals surface area contributed by atoms with Crippen LogP contribution in [0.3, 0.4) is 0 Å². The van der Waals surface area contributed by atoms with Gasteiger partial charge in [-0.3, -0.25) is 4.90 Å². The highest BCUT2D eigenvalue weighted by molar-refractivity contribution is 5.67. The molecule has 1 heterocycles. The van der Waals surface area contributed by atoms with Gasteiger partial charge >= 0.3 is 6.09 Å². The highest BCUT2D eigenvalue weighted by Crippen LogP contribution is 2.22. The number of amides is 1. The van der Waals surface area contributed by atoms with Crippen LogP contribution in [0.1, 0.15) is 45.6 Å². The standard InChI is InChI=1S/C19H30N2O2/c1-19(2,3)23-18(22)20-12-7-10-17-11-13-21(15-17)14-16-8-5-4-6-9-16/h4-6,8-9,17H,7,10-15H2,1-3H3,(H,20,22). The second-order valence-electron chi connectivity index (χ2n) is 7.45. The number of benzene rings is 1. The zero-order valence-electron chi connectivity index (χ0n) is 14.7. The van der Waals surface area contributed by atoms with Gasteiger partial charge in [0.05, 0.1) is 0 Å². The first-order valence-electron chi connectivity index (χ1n) is 8.65. The van der Waals surface area contributed by atoms with E-state index >= 15 is 0 Å². The molecule has 1 aromatic carbocycles. The lowest BCUT2D eigenvalue weighted by molar-refractivity contribution is 0.0526. The van der Waals surface area contributed by atoms with Gasteiger partial charge in [-0.1, -0.05) is 30.3 Å². The molecule has 1 aliphatic rings. The van der Waals surface area contributed by atoms with Crippen LogP contribution in [0.15, 0.2) is 30.3 Å². The van der Waals surface area contributed by atoms with Crippen molar-refractivity contribution < 1.29 is 9.53 Å². The number of carbonyl (C=O) groups is 1. The van der Waals surface area contributed by atoms with Gasteiger partial charge < -0.3 is 10.1 Å². The lowest BCUT2D eigenvalue weighted by Crippen LogP contribution is -2.33. The molecule has 1 unspecified atom stereocenters. The van der Waals surface area contributed by atoms with Crippen LogP contribution in [0.5, 0.6) is 0 Å². The highest BCUT2D eigenvalue weighted by Gasteiger charge is 2.22. The Morgan fingerprint density at radius 1 is 1.30 bits per heavy atom. The second-order valence-corrected chi connectivity index (χ2v) is 7.45. The average molecular weight is 318 g/mol. The van der Waals surface area contributed by atoms with Crippen LogP contribution >= 0.6 is 0 Å². The maximum absolute atomic E-state index is 11.6. The first-order chi connectivity index (χ1) is 10.9. The summed E-state index contributed by atoms with van der Waals surface area (Å²) in [4.78, 5) is 14.1. The van der Waals surface area contributed by atoms with E-state index in [1.807, 2.05) is 20.8 Å². The molecule has 0 bridgehead atoms. The van der Waals surface area contributed by atoms with Crippen molar-refractivity contribution >= 4 is 6.09 Å². The van der Waals surface area contributed by atoms with Crippen molar-refractivity contribution in [3.63, 3.8) is 0 Å². The fourth-order valence-electron chi connectivity index (χ4n) is 3.03. The summed E-state index contributed by atoms with van der Waals surface area (Å²) in [5, 5.41) is 2.84. The molecule has 23 heavy (non-hydrogen) atoms. The third-order valence-corrected chi connectivity index (χ3v) is 4.08. The van der Waals surface area contributed by atoms with E-state index in [0.29, 0.717) is 6.54 Å². The Labute approximate surface area is 140 Å². The van der Waals surface area contributed by atoms with Gasteiger partial charge in [0, 0.05) is 19.6 Å². The lowest BCUT2D eigenvalue weighted by atomic mass is 10.0. The molecule has 1 aromatic rings. The highest BCUT2D eigenvalue weighted by atomic mass is 16.6. The molecule has 0 aliphatic carbocycles. The predicted octanol–water partition coefficient (Wildman–Crippen LogP) is 3.81. The van der Waals surface area contributed by atoms with Crippen molar-refractivity contribution in [2.75, 3.05) is 19.6 Å². The van der Waals surface area contributed by atoms with Gasteiger partial charge in [0.2, 0.25) is 0 Å². The van der Waals surface area contributed by atoms with Crippen LogP contribution in [-0.4, -0.2) is 36.2 Å². The Balaban J connectivity index is 1.58. The van der Waals surface area contributed by atoms with E-state index in [4.69, 9.17) is 4.74 Å². The van der Waals surface area contributed by atoms with Crippen LogP contribution in [0.25, 0.3) is 0 Å². The van der Waals surface area contributed by atoms with Crippen LogP contribution in [0.2, 0.25) is 0 Å². The van der Waals surface area contributed by atoms with Gasteiger partial charge in [-0.25, -0.2) is 4.79 Å². The summed E-state index contributed by atoms with van der Waals surface area (Å²) >= 11 is 0. The minimum atomic E-state index is -0.423. The van der Waals surface area contributed by atoms with E-state index in [-0.39, 0.29) is 6.09 Å². The Hall–Kier alpha value is -1.55. The second kappa shape index (κ2) is 8.34. The average Bonchev–Trinajstić information content (AvgIpc) is 2.90. The summed E-state index contributed by atoms with van der Waals surface area (Å²) in [6, 6.07) is 10.7. The molecule has 4 nitrogen and oxygen atoms in total. The SMILES string of the molecule is CC(C)(C)OC(=O)NCCCC1CCN(Cc2ccccc2)C1. The largest absolute Gasteiger partial charge is 0.444 e. The summed E-state index contributed by atoms with van der Waals surface area (Å²) in [6.45, 7) is 9.74. The predicted molar refractivity (Wildman–Crippen MR) is 93.3 cm³/mol. The molecule has 1 fully saturated rings. The molecule has 0 radical (unpaired) electrons. The first kappa shape index (κ1) is 17.8. The molecule has 1 saturated heterocycles. The van der Waals surface area contributed by atoms with E-state index in [0.717, 1.165) is 18.9 Å². The Bertz CT molecular complexity index is 482. The minimum Gasteiger partial charge on any atom is -0.444 e. The van der Waals surface area contributed by atoms with Crippen LogP contribution in [-0.2, 0) is 11.3 Å². The van der Waals surface area contributed by atoms with Crippen molar-refractivity contribution in [2.45, 2.75) is 52.2 Å². The van der Waals surface area contributed by atoms with Gasteiger partial charge in [0.15, 0.2) is 0 Å². The number of nitrogens with zero attached hydrogens (tertiary/aromatic N) is 1. The molecule has 4 heteroatoms. The van der Waals surface area contributed by atoms with Crippen molar-refractivity contribution in [1.29, 1.82) is 0 Å². The smallest absolute Gasteiger partial charge is 0.407 e. The summed E-state index contributed by atoms with van der Waals surface area (Å²) < 4.78 is 5.23. The molecule has 0 aromatic heterocycles. The molecular weight excluding hydrogens is 288 g/mol. The molecule has 128 valence electrons. The molecule has 1 amide bonds. The van der Waals surface area contributed by atoms with E-state index < -0.39 is 5.60 Å². The van der Waals surface area contributed by atoms with E-state index in [1.165, 1.54) is 31.5 Å². The Kier molecular flexibility index (Phi) is 6.46. The fraction of sp³-hybridized carbons (Fsp3) is 0.632. The molecule has 0 spiro atoms. The monoisotopic (exact) mass is 318 g/mol. The quantitative estimate of drug-likeness (QED) is 0.811.